The summed E-state index contributed by atoms with van der Waals surface area (Å²) in [5.74, 6) is 1.50. The van der Waals surface area contributed by atoms with Crippen LogP contribution >= 0.6 is 0 Å². The van der Waals surface area contributed by atoms with E-state index in [1.54, 1.807) is 0 Å². The normalized spacial score (nSPS) is 11.1. The van der Waals surface area contributed by atoms with E-state index in [4.69, 9.17) is 14.7 Å². The predicted octanol–water partition coefficient (Wildman–Crippen LogP) is 4.72. The van der Waals surface area contributed by atoms with E-state index in [1.807, 2.05) is 54.6 Å². The van der Waals surface area contributed by atoms with Crippen LogP contribution in [0.25, 0.3) is 10.8 Å². The first-order chi connectivity index (χ1) is 12.2. The van der Waals surface area contributed by atoms with Gasteiger partial charge in [-0.25, -0.2) is 0 Å². The molecule has 3 rings (SSSR count). The van der Waals surface area contributed by atoms with Crippen LogP contribution in [0, 0.1) is 13.8 Å². The third-order valence-electron chi connectivity index (χ3n) is 4.21. The topological polar surface area (TPSA) is 51.0 Å². The van der Waals surface area contributed by atoms with Crippen molar-refractivity contribution in [1.29, 1.82) is 0 Å². The Labute approximate surface area is 147 Å². The van der Waals surface area contributed by atoms with Crippen LogP contribution in [-0.4, -0.2) is 24.6 Å². The molecule has 0 aromatic heterocycles. The van der Waals surface area contributed by atoms with E-state index in [2.05, 4.69) is 19.0 Å². The van der Waals surface area contributed by atoms with Crippen molar-refractivity contribution in [2.45, 2.75) is 13.8 Å². The first kappa shape index (κ1) is 16.8. The van der Waals surface area contributed by atoms with Crippen molar-refractivity contribution in [2.24, 2.45) is 5.16 Å². The van der Waals surface area contributed by atoms with Crippen LogP contribution in [0.3, 0.4) is 0 Å². The van der Waals surface area contributed by atoms with Gasteiger partial charge >= 0.3 is 0 Å². The van der Waals surface area contributed by atoms with Gasteiger partial charge in [0.05, 0.1) is 6.21 Å². The molecule has 0 saturated carbocycles. The Hall–Kier alpha value is -3.01. The highest BCUT2D eigenvalue weighted by molar-refractivity contribution is 6.02. The van der Waals surface area contributed by atoms with Gasteiger partial charge in [0.25, 0.3) is 0 Å². The zero-order chi connectivity index (χ0) is 17.6. The van der Waals surface area contributed by atoms with Crippen LogP contribution < -0.4 is 9.47 Å². The number of hydrogen-bond donors (Lipinski definition) is 1. The smallest absolute Gasteiger partial charge is 0.129 e. The number of aryl methyl sites for hydroxylation is 2. The Morgan fingerprint density at radius 2 is 1.72 bits per heavy atom. The fourth-order valence-corrected chi connectivity index (χ4v) is 2.71. The second kappa shape index (κ2) is 7.71. The van der Waals surface area contributed by atoms with Crippen molar-refractivity contribution in [3.8, 4) is 11.5 Å². The van der Waals surface area contributed by atoms with Crippen LogP contribution in [0.5, 0.6) is 11.5 Å². The lowest BCUT2D eigenvalue weighted by molar-refractivity contribution is 0.217. The summed E-state index contributed by atoms with van der Waals surface area (Å²) in [5.41, 5.74) is 3.20. The van der Waals surface area contributed by atoms with Gasteiger partial charge in [-0.15, -0.1) is 0 Å². The Kier molecular flexibility index (Phi) is 5.19. The van der Waals surface area contributed by atoms with Gasteiger partial charge in [-0.1, -0.05) is 41.6 Å². The number of oxime groups is 1. The van der Waals surface area contributed by atoms with Crippen molar-refractivity contribution in [3.63, 3.8) is 0 Å². The van der Waals surface area contributed by atoms with E-state index in [9.17, 15) is 0 Å². The summed E-state index contributed by atoms with van der Waals surface area (Å²) in [7, 11) is 0. The highest BCUT2D eigenvalue weighted by Gasteiger charge is 2.07. The molecule has 0 aliphatic rings. The molecule has 0 fully saturated rings. The molecule has 0 heterocycles. The minimum atomic E-state index is 0.400. The number of hydrogen-bond acceptors (Lipinski definition) is 4. The second-order valence-corrected chi connectivity index (χ2v) is 5.89. The SMILES string of the molecule is Cc1ccc(OCCOc2ccc3ccccc3c2C=NO)cc1C. The van der Waals surface area contributed by atoms with Gasteiger partial charge in [0.15, 0.2) is 0 Å². The van der Waals surface area contributed by atoms with E-state index in [0.717, 1.165) is 22.1 Å². The summed E-state index contributed by atoms with van der Waals surface area (Å²) in [6.45, 7) is 4.98. The Morgan fingerprint density at radius 3 is 2.52 bits per heavy atom. The minimum Gasteiger partial charge on any atom is -0.490 e. The van der Waals surface area contributed by atoms with Gasteiger partial charge in [-0.05, 0) is 53.9 Å². The molecule has 0 aliphatic carbocycles. The third kappa shape index (κ3) is 3.91. The largest absolute Gasteiger partial charge is 0.490 e. The summed E-state index contributed by atoms with van der Waals surface area (Å²) in [5, 5.41) is 14.2. The number of rotatable bonds is 6. The maximum atomic E-state index is 8.96. The van der Waals surface area contributed by atoms with Gasteiger partial charge in [0.2, 0.25) is 0 Å². The molecule has 0 radical (unpaired) electrons. The van der Waals surface area contributed by atoms with Crippen molar-refractivity contribution >= 4 is 17.0 Å². The van der Waals surface area contributed by atoms with Gasteiger partial charge in [-0.3, -0.25) is 0 Å². The third-order valence-corrected chi connectivity index (χ3v) is 4.21. The number of fused-ring (bicyclic) bond motifs is 1. The van der Waals surface area contributed by atoms with Gasteiger partial charge in [0.1, 0.15) is 24.7 Å². The van der Waals surface area contributed by atoms with Crippen molar-refractivity contribution in [3.05, 3.63) is 71.3 Å². The summed E-state index contributed by atoms with van der Waals surface area (Å²) >= 11 is 0. The molecule has 0 amide bonds. The highest BCUT2D eigenvalue weighted by Crippen LogP contribution is 2.26. The zero-order valence-corrected chi connectivity index (χ0v) is 14.4. The molecule has 25 heavy (non-hydrogen) atoms. The quantitative estimate of drug-likeness (QED) is 0.307. The van der Waals surface area contributed by atoms with E-state index < -0.39 is 0 Å². The molecule has 4 heteroatoms. The molecule has 0 aliphatic heterocycles. The molecule has 0 saturated heterocycles. The summed E-state index contributed by atoms with van der Waals surface area (Å²) in [4.78, 5) is 0. The van der Waals surface area contributed by atoms with Crippen LogP contribution in [0.15, 0.2) is 59.8 Å². The van der Waals surface area contributed by atoms with Gasteiger partial charge in [-0.2, -0.15) is 0 Å². The highest BCUT2D eigenvalue weighted by atomic mass is 16.5. The van der Waals surface area contributed by atoms with E-state index >= 15 is 0 Å². The zero-order valence-electron chi connectivity index (χ0n) is 14.4. The molecule has 0 atom stereocenters. The van der Waals surface area contributed by atoms with Crippen LogP contribution in [0.2, 0.25) is 0 Å². The van der Waals surface area contributed by atoms with Gasteiger partial charge < -0.3 is 14.7 Å². The van der Waals surface area contributed by atoms with Gasteiger partial charge in [0, 0.05) is 5.56 Å². The summed E-state index contributed by atoms with van der Waals surface area (Å²) < 4.78 is 11.6. The summed E-state index contributed by atoms with van der Waals surface area (Å²) in [6, 6.07) is 17.8. The van der Waals surface area contributed by atoms with Crippen molar-refractivity contribution < 1.29 is 14.7 Å². The second-order valence-electron chi connectivity index (χ2n) is 5.89. The molecule has 0 unspecified atom stereocenters. The monoisotopic (exact) mass is 335 g/mol. The Bertz CT molecular complexity index is 903. The van der Waals surface area contributed by atoms with Crippen molar-refractivity contribution in [2.75, 3.05) is 13.2 Å². The number of benzene rings is 3. The Balaban J connectivity index is 1.68. The van der Waals surface area contributed by atoms with Crippen LogP contribution in [0.1, 0.15) is 16.7 Å². The lowest BCUT2D eigenvalue weighted by Crippen LogP contribution is -2.10. The minimum absolute atomic E-state index is 0.400. The maximum absolute atomic E-state index is 8.96. The van der Waals surface area contributed by atoms with E-state index in [0.29, 0.717) is 19.0 Å². The predicted molar refractivity (Wildman–Crippen MR) is 100 cm³/mol. The molecule has 1 N–H and O–H groups in total. The lowest BCUT2D eigenvalue weighted by Gasteiger charge is -2.12. The molecule has 3 aromatic rings. The van der Waals surface area contributed by atoms with Crippen molar-refractivity contribution in [1.82, 2.24) is 0 Å². The maximum Gasteiger partial charge on any atom is 0.129 e. The standard InChI is InChI=1S/C21H21NO3/c1-15-7-9-18(13-16(15)2)24-11-12-25-21-10-8-17-5-3-4-6-19(17)20(21)14-22-23/h3-10,13-14,23H,11-12H2,1-2H3. The number of nitrogens with zero attached hydrogens (tertiary/aromatic N) is 1. The van der Waals surface area contributed by atoms with E-state index in [1.165, 1.54) is 17.3 Å². The summed E-state index contributed by atoms with van der Waals surface area (Å²) in [6.07, 6.45) is 1.40. The van der Waals surface area contributed by atoms with Crippen LogP contribution in [-0.2, 0) is 0 Å². The molecule has 128 valence electrons. The first-order valence-corrected chi connectivity index (χ1v) is 8.21. The fraction of sp³-hybridized carbons (Fsp3) is 0.190. The molecular formula is C21H21NO3. The average Bonchev–Trinajstić information content (AvgIpc) is 2.63. The molecule has 0 bridgehead atoms. The molecule has 4 nitrogen and oxygen atoms in total. The molecule has 0 spiro atoms. The molecular weight excluding hydrogens is 314 g/mol. The lowest BCUT2D eigenvalue weighted by atomic mass is 10.0. The van der Waals surface area contributed by atoms with Crippen LogP contribution in [0.4, 0.5) is 0 Å². The Morgan fingerprint density at radius 1 is 0.920 bits per heavy atom. The van der Waals surface area contributed by atoms with E-state index in [-0.39, 0.29) is 0 Å². The average molecular weight is 335 g/mol. The number of ether oxygens (including phenoxy) is 2. The molecule has 3 aromatic carbocycles. The first-order valence-electron chi connectivity index (χ1n) is 8.21. The fourth-order valence-electron chi connectivity index (χ4n) is 2.71.